The van der Waals surface area contributed by atoms with Crippen molar-refractivity contribution < 1.29 is 0 Å². The molecule has 2 rings (SSSR count). The molecular formula is C18H23NS. The second-order valence-electron chi connectivity index (χ2n) is 5.48. The van der Waals surface area contributed by atoms with Crippen molar-refractivity contribution in [2.24, 2.45) is 5.73 Å². The van der Waals surface area contributed by atoms with Gasteiger partial charge in [-0.2, -0.15) is 0 Å². The third-order valence-electron chi connectivity index (χ3n) is 3.79. The summed E-state index contributed by atoms with van der Waals surface area (Å²) >= 11 is 1.84. The normalized spacial score (nSPS) is 12.4. The molecule has 20 heavy (non-hydrogen) atoms. The molecule has 1 nitrogen and oxygen atoms in total. The molecule has 106 valence electrons. The Morgan fingerprint density at radius 2 is 1.55 bits per heavy atom. The van der Waals surface area contributed by atoms with Gasteiger partial charge in [-0.15, -0.1) is 11.8 Å². The van der Waals surface area contributed by atoms with Crippen molar-refractivity contribution in [3.8, 4) is 0 Å². The Hall–Kier alpha value is -1.25. The van der Waals surface area contributed by atoms with Gasteiger partial charge in [-0.3, -0.25) is 0 Å². The number of hydrogen-bond donors (Lipinski definition) is 1. The van der Waals surface area contributed by atoms with Crippen LogP contribution < -0.4 is 5.73 Å². The van der Waals surface area contributed by atoms with Gasteiger partial charge >= 0.3 is 0 Å². The lowest BCUT2D eigenvalue weighted by molar-refractivity contribution is 0.820. The molecule has 1 atom stereocenters. The average molecular weight is 285 g/mol. The van der Waals surface area contributed by atoms with Crippen LogP contribution in [0, 0.1) is 27.7 Å². The predicted octanol–water partition coefficient (Wildman–Crippen LogP) is 4.71. The molecule has 0 amide bonds. The Kier molecular flexibility index (Phi) is 4.90. The fraction of sp³-hybridized carbons (Fsp3) is 0.333. The first-order chi connectivity index (χ1) is 9.49. The van der Waals surface area contributed by atoms with Crippen LogP contribution in [0.25, 0.3) is 0 Å². The van der Waals surface area contributed by atoms with E-state index < -0.39 is 0 Å². The van der Waals surface area contributed by atoms with Crippen LogP contribution in [-0.4, -0.2) is 5.75 Å². The maximum Gasteiger partial charge on any atom is 0.0393 e. The van der Waals surface area contributed by atoms with Gasteiger partial charge in [0.2, 0.25) is 0 Å². The van der Waals surface area contributed by atoms with Crippen LogP contribution in [0.2, 0.25) is 0 Å². The second-order valence-corrected chi connectivity index (χ2v) is 6.54. The van der Waals surface area contributed by atoms with Crippen LogP contribution >= 0.6 is 11.8 Å². The summed E-state index contributed by atoms with van der Waals surface area (Å²) in [7, 11) is 0. The predicted molar refractivity (Wildman–Crippen MR) is 89.5 cm³/mol. The molecule has 2 aromatic rings. The van der Waals surface area contributed by atoms with Crippen molar-refractivity contribution in [3.63, 3.8) is 0 Å². The van der Waals surface area contributed by atoms with E-state index in [0.29, 0.717) is 0 Å². The zero-order valence-corrected chi connectivity index (χ0v) is 13.6. The third kappa shape index (κ3) is 3.44. The van der Waals surface area contributed by atoms with Crippen LogP contribution in [0.1, 0.15) is 33.9 Å². The van der Waals surface area contributed by atoms with Gasteiger partial charge in [0.05, 0.1) is 0 Å². The van der Waals surface area contributed by atoms with E-state index in [1.54, 1.807) is 0 Å². The number of hydrogen-bond acceptors (Lipinski definition) is 2. The highest BCUT2D eigenvalue weighted by molar-refractivity contribution is 7.99. The Morgan fingerprint density at radius 3 is 2.25 bits per heavy atom. The number of aryl methyl sites for hydroxylation is 4. The number of rotatable bonds is 4. The lowest BCUT2D eigenvalue weighted by atomic mass is 9.97. The molecule has 0 saturated heterocycles. The highest BCUT2D eigenvalue weighted by Gasteiger charge is 2.11. The molecule has 0 fully saturated rings. The molecule has 0 spiro atoms. The second kappa shape index (κ2) is 6.47. The minimum absolute atomic E-state index is 0.0823. The van der Waals surface area contributed by atoms with Crippen molar-refractivity contribution in [2.45, 2.75) is 38.6 Å². The monoisotopic (exact) mass is 285 g/mol. The first-order valence-electron chi connectivity index (χ1n) is 7.01. The van der Waals surface area contributed by atoms with Gasteiger partial charge in [0, 0.05) is 16.7 Å². The van der Waals surface area contributed by atoms with Crippen molar-refractivity contribution in [1.29, 1.82) is 0 Å². The van der Waals surface area contributed by atoms with Crippen LogP contribution in [0.4, 0.5) is 0 Å². The number of thioether (sulfide) groups is 1. The molecule has 0 saturated carbocycles. The largest absolute Gasteiger partial charge is 0.323 e. The first-order valence-corrected chi connectivity index (χ1v) is 7.99. The van der Waals surface area contributed by atoms with Crippen LogP contribution in [-0.2, 0) is 0 Å². The van der Waals surface area contributed by atoms with Gasteiger partial charge in [-0.05, 0) is 61.6 Å². The summed E-state index contributed by atoms with van der Waals surface area (Å²) in [6.07, 6.45) is 0. The molecule has 0 bridgehead atoms. The maximum absolute atomic E-state index is 6.39. The molecule has 0 aliphatic carbocycles. The molecule has 0 heterocycles. The number of nitrogens with two attached hydrogens (primary N) is 1. The molecule has 0 radical (unpaired) electrons. The Bertz CT molecular complexity index is 604. The van der Waals surface area contributed by atoms with Crippen molar-refractivity contribution in [1.82, 2.24) is 0 Å². The van der Waals surface area contributed by atoms with Crippen LogP contribution in [0.3, 0.4) is 0 Å². The third-order valence-corrected chi connectivity index (χ3v) is 5.09. The van der Waals surface area contributed by atoms with E-state index in [1.165, 1.54) is 32.7 Å². The summed E-state index contributed by atoms with van der Waals surface area (Å²) in [6, 6.07) is 13.0. The van der Waals surface area contributed by atoms with Gasteiger partial charge in [0.25, 0.3) is 0 Å². The maximum atomic E-state index is 6.39. The van der Waals surface area contributed by atoms with E-state index in [0.717, 1.165) is 5.75 Å². The van der Waals surface area contributed by atoms with Gasteiger partial charge in [-0.25, -0.2) is 0 Å². The van der Waals surface area contributed by atoms with E-state index >= 15 is 0 Å². The van der Waals surface area contributed by atoms with Crippen LogP contribution in [0.15, 0.2) is 41.3 Å². The lowest BCUT2D eigenvalue weighted by Gasteiger charge is -2.17. The summed E-state index contributed by atoms with van der Waals surface area (Å²) < 4.78 is 0. The smallest absolute Gasteiger partial charge is 0.0393 e. The molecule has 2 aromatic carbocycles. The zero-order chi connectivity index (χ0) is 14.7. The van der Waals surface area contributed by atoms with Crippen LogP contribution in [0.5, 0.6) is 0 Å². The van der Waals surface area contributed by atoms with E-state index in [1.807, 2.05) is 11.8 Å². The van der Waals surface area contributed by atoms with E-state index in [-0.39, 0.29) is 6.04 Å². The fourth-order valence-corrected chi connectivity index (χ4v) is 3.38. The highest BCUT2D eigenvalue weighted by atomic mass is 32.2. The number of benzene rings is 2. The molecule has 0 aromatic heterocycles. The van der Waals surface area contributed by atoms with E-state index in [2.05, 4.69) is 64.1 Å². The first kappa shape index (κ1) is 15.1. The van der Waals surface area contributed by atoms with Gasteiger partial charge < -0.3 is 5.73 Å². The Balaban J connectivity index is 2.11. The van der Waals surface area contributed by atoms with Gasteiger partial charge in [0.15, 0.2) is 0 Å². The molecular weight excluding hydrogens is 262 g/mol. The Morgan fingerprint density at radius 1 is 0.900 bits per heavy atom. The summed E-state index contributed by atoms with van der Waals surface area (Å²) in [5, 5.41) is 0. The minimum atomic E-state index is 0.0823. The molecule has 2 heteroatoms. The van der Waals surface area contributed by atoms with Crippen molar-refractivity contribution >= 4 is 11.8 Å². The van der Waals surface area contributed by atoms with E-state index in [4.69, 9.17) is 5.73 Å². The van der Waals surface area contributed by atoms with Crippen molar-refractivity contribution in [3.05, 3.63) is 64.2 Å². The summed E-state index contributed by atoms with van der Waals surface area (Å²) in [5.74, 6) is 0.911. The highest BCUT2D eigenvalue weighted by Crippen LogP contribution is 2.28. The zero-order valence-electron chi connectivity index (χ0n) is 12.7. The molecule has 0 aliphatic heterocycles. The summed E-state index contributed by atoms with van der Waals surface area (Å²) in [6.45, 7) is 8.61. The van der Waals surface area contributed by atoms with Crippen molar-refractivity contribution in [2.75, 3.05) is 5.75 Å². The molecule has 1 unspecified atom stereocenters. The quantitative estimate of drug-likeness (QED) is 0.823. The average Bonchev–Trinajstić information content (AvgIpc) is 2.41. The van der Waals surface area contributed by atoms with E-state index in [9.17, 15) is 0 Å². The lowest BCUT2D eigenvalue weighted by Crippen LogP contribution is -2.15. The summed E-state index contributed by atoms with van der Waals surface area (Å²) in [4.78, 5) is 1.32. The molecule has 0 aliphatic rings. The molecule has 2 N–H and O–H groups in total. The standard InChI is InChI=1S/C18H23NS/c1-12-7-5-6-8-18(12)20-11-17(19)16-10-14(3)13(2)9-15(16)4/h5-10,17H,11,19H2,1-4H3. The fourth-order valence-electron chi connectivity index (χ4n) is 2.37. The topological polar surface area (TPSA) is 26.0 Å². The SMILES string of the molecule is Cc1cc(C)c(C(N)CSc2ccccc2C)cc1C. The Labute approximate surface area is 126 Å². The van der Waals surface area contributed by atoms with Gasteiger partial charge in [-0.1, -0.05) is 30.3 Å². The van der Waals surface area contributed by atoms with Gasteiger partial charge in [0.1, 0.15) is 0 Å². The summed E-state index contributed by atoms with van der Waals surface area (Å²) in [5.41, 5.74) is 12.9. The minimum Gasteiger partial charge on any atom is -0.323 e.